The first kappa shape index (κ1) is 10.5. The van der Waals surface area contributed by atoms with E-state index in [1.54, 1.807) is 12.4 Å². The molecule has 2 atom stereocenters. The maximum Gasteiger partial charge on any atom is 0.0621 e. The summed E-state index contributed by atoms with van der Waals surface area (Å²) in [6, 6.07) is 2.14. The van der Waals surface area contributed by atoms with Crippen LogP contribution in [0.4, 0.5) is 0 Å². The van der Waals surface area contributed by atoms with Crippen LogP contribution in [0.15, 0.2) is 18.5 Å². The highest BCUT2D eigenvalue weighted by atomic mass is 35.5. The fourth-order valence-electron chi connectivity index (χ4n) is 1.10. The lowest BCUT2D eigenvalue weighted by molar-refractivity contribution is 0.481. The second-order valence-corrected chi connectivity index (χ2v) is 3.91. The molecule has 0 aliphatic carbocycles. The van der Waals surface area contributed by atoms with Crippen molar-refractivity contribution in [3.8, 4) is 0 Å². The van der Waals surface area contributed by atoms with Gasteiger partial charge in [0.05, 0.1) is 5.02 Å². The molecule has 0 saturated heterocycles. The first-order chi connectivity index (χ1) is 6.11. The highest BCUT2D eigenvalue weighted by molar-refractivity contribution is 6.31. The lowest BCUT2D eigenvalue weighted by atomic mass is 9.96. The van der Waals surface area contributed by atoms with Crippen LogP contribution >= 0.6 is 11.6 Å². The van der Waals surface area contributed by atoms with Gasteiger partial charge in [0.2, 0.25) is 0 Å². The van der Waals surface area contributed by atoms with E-state index in [0.717, 1.165) is 17.0 Å². The molecule has 2 N–H and O–H groups in total. The SMILES string of the molecule is CC(N)C(C)Cc1ccncc1Cl. The van der Waals surface area contributed by atoms with Crippen LogP contribution in [0, 0.1) is 5.92 Å². The molecule has 0 aliphatic rings. The van der Waals surface area contributed by atoms with Crippen LogP contribution in [0.1, 0.15) is 19.4 Å². The Bertz CT molecular complexity index is 273. The van der Waals surface area contributed by atoms with Crippen molar-refractivity contribution in [3.63, 3.8) is 0 Å². The van der Waals surface area contributed by atoms with E-state index in [1.165, 1.54) is 0 Å². The van der Waals surface area contributed by atoms with E-state index in [0.29, 0.717) is 5.92 Å². The monoisotopic (exact) mass is 198 g/mol. The van der Waals surface area contributed by atoms with E-state index in [9.17, 15) is 0 Å². The zero-order chi connectivity index (χ0) is 9.84. The molecular formula is C10H15ClN2. The third-order valence-corrected chi connectivity index (χ3v) is 2.64. The minimum absolute atomic E-state index is 0.198. The van der Waals surface area contributed by atoms with Crippen LogP contribution < -0.4 is 5.73 Å². The van der Waals surface area contributed by atoms with E-state index in [-0.39, 0.29) is 6.04 Å². The molecule has 72 valence electrons. The van der Waals surface area contributed by atoms with Gasteiger partial charge in [0.15, 0.2) is 0 Å². The van der Waals surface area contributed by atoms with Crippen molar-refractivity contribution in [2.24, 2.45) is 11.7 Å². The molecule has 13 heavy (non-hydrogen) atoms. The summed E-state index contributed by atoms with van der Waals surface area (Å²) in [6.45, 7) is 4.14. The normalized spacial score (nSPS) is 15.4. The molecular weight excluding hydrogens is 184 g/mol. The Morgan fingerprint density at radius 2 is 2.23 bits per heavy atom. The van der Waals surface area contributed by atoms with E-state index in [4.69, 9.17) is 17.3 Å². The van der Waals surface area contributed by atoms with Gasteiger partial charge in [-0.1, -0.05) is 18.5 Å². The first-order valence-corrected chi connectivity index (χ1v) is 4.83. The van der Waals surface area contributed by atoms with Crippen LogP contribution in [-0.2, 0) is 6.42 Å². The van der Waals surface area contributed by atoms with Gasteiger partial charge >= 0.3 is 0 Å². The Kier molecular flexibility index (Phi) is 3.70. The molecule has 2 nitrogen and oxygen atoms in total. The summed E-state index contributed by atoms with van der Waals surface area (Å²) in [7, 11) is 0. The number of pyridine rings is 1. The Hall–Kier alpha value is -0.600. The van der Waals surface area contributed by atoms with Crippen molar-refractivity contribution in [1.82, 2.24) is 4.98 Å². The largest absolute Gasteiger partial charge is 0.328 e. The van der Waals surface area contributed by atoms with Gasteiger partial charge in [0.25, 0.3) is 0 Å². The van der Waals surface area contributed by atoms with E-state index in [2.05, 4.69) is 11.9 Å². The van der Waals surface area contributed by atoms with E-state index >= 15 is 0 Å². The summed E-state index contributed by atoms with van der Waals surface area (Å²) in [5.74, 6) is 0.444. The molecule has 0 fully saturated rings. The summed E-state index contributed by atoms with van der Waals surface area (Å²) < 4.78 is 0. The standard InChI is InChI=1S/C10H15ClN2/c1-7(8(2)12)5-9-3-4-13-6-10(9)11/h3-4,6-8H,5,12H2,1-2H3. The van der Waals surface area contributed by atoms with Crippen molar-refractivity contribution in [1.29, 1.82) is 0 Å². The second-order valence-electron chi connectivity index (χ2n) is 3.51. The van der Waals surface area contributed by atoms with Gasteiger partial charge in [-0.2, -0.15) is 0 Å². The van der Waals surface area contributed by atoms with Crippen LogP contribution in [0.5, 0.6) is 0 Å². The van der Waals surface area contributed by atoms with E-state index < -0.39 is 0 Å². The fraction of sp³-hybridized carbons (Fsp3) is 0.500. The molecule has 0 bridgehead atoms. The summed E-state index contributed by atoms with van der Waals surface area (Å²) >= 11 is 5.97. The predicted molar refractivity (Wildman–Crippen MR) is 55.8 cm³/mol. The Morgan fingerprint density at radius 3 is 2.77 bits per heavy atom. The van der Waals surface area contributed by atoms with Crippen LogP contribution in [-0.4, -0.2) is 11.0 Å². The zero-order valence-electron chi connectivity index (χ0n) is 8.00. The van der Waals surface area contributed by atoms with Gasteiger partial charge in [-0.15, -0.1) is 0 Å². The molecule has 2 unspecified atom stereocenters. The van der Waals surface area contributed by atoms with Gasteiger partial charge < -0.3 is 5.73 Å². The van der Waals surface area contributed by atoms with Crippen LogP contribution in [0.25, 0.3) is 0 Å². The summed E-state index contributed by atoms with van der Waals surface area (Å²) in [5.41, 5.74) is 6.90. The Morgan fingerprint density at radius 1 is 1.54 bits per heavy atom. The molecule has 1 aromatic heterocycles. The maximum atomic E-state index is 5.97. The van der Waals surface area contributed by atoms with Gasteiger partial charge in [0, 0.05) is 18.4 Å². The average Bonchev–Trinajstić information content (AvgIpc) is 2.08. The van der Waals surface area contributed by atoms with Crippen molar-refractivity contribution in [2.75, 3.05) is 0 Å². The van der Waals surface area contributed by atoms with Crippen molar-refractivity contribution in [2.45, 2.75) is 26.3 Å². The quantitative estimate of drug-likeness (QED) is 0.810. The molecule has 0 amide bonds. The maximum absolute atomic E-state index is 5.97. The molecule has 1 heterocycles. The Balaban J connectivity index is 2.69. The fourth-order valence-corrected chi connectivity index (χ4v) is 1.30. The van der Waals surface area contributed by atoms with Gasteiger partial charge in [0.1, 0.15) is 0 Å². The smallest absolute Gasteiger partial charge is 0.0621 e. The molecule has 0 aliphatic heterocycles. The number of aromatic nitrogens is 1. The predicted octanol–water partition coefficient (Wildman–Crippen LogP) is 2.26. The minimum Gasteiger partial charge on any atom is -0.328 e. The van der Waals surface area contributed by atoms with E-state index in [1.807, 2.05) is 13.0 Å². The summed E-state index contributed by atoms with van der Waals surface area (Å²) in [5, 5.41) is 0.731. The van der Waals surface area contributed by atoms with Gasteiger partial charge in [-0.05, 0) is 30.9 Å². The third-order valence-electron chi connectivity index (χ3n) is 2.30. The number of rotatable bonds is 3. The number of halogens is 1. The van der Waals surface area contributed by atoms with Crippen LogP contribution in [0.3, 0.4) is 0 Å². The number of nitrogens with two attached hydrogens (primary N) is 1. The van der Waals surface area contributed by atoms with Crippen molar-refractivity contribution in [3.05, 3.63) is 29.0 Å². The van der Waals surface area contributed by atoms with Crippen molar-refractivity contribution >= 4 is 11.6 Å². The van der Waals surface area contributed by atoms with Crippen molar-refractivity contribution < 1.29 is 0 Å². The molecule has 0 saturated carbocycles. The van der Waals surface area contributed by atoms with Gasteiger partial charge in [-0.25, -0.2) is 0 Å². The number of hydrogen-bond acceptors (Lipinski definition) is 2. The first-order valence-electron chi connectivity index (χ1n) is 4.45. The lowest BCUT2D eigenvalue weighted by Crippen LogP contribution is -2.25. The van der Waals surface area contributed by atoms with Crippen LogP contribution in [0.2, 0.25) is 5.02 Å². The second kappa shape index (κ2) is 4.58. The number of nitrogens with zero attached hydrogens (tertiary/aromatic N) is 1. The molecule has 3 heteroatoms. The molecule has 0 aromatic carbocycles. The minimum atomic E-state index is 0.198. The highest BCUT2D eigenvalue weighted by Crippen LogP contribution is 2.18. The summed E-state index contributed by atoms with van der Waals surface area (Å²) in [6.07, 6.45) is 4.35. The number of hydrogen-bond donors (Lipinski definition) is 1. The average molecular weight is 199 g/mol. The molecule has 0 radical (unpaired) electrons. The molecule has 0 spiro atoms. The zero-order valence-corrected chi connectivity index (χ0v) is 8.75. The molecule has 1 aromatic rings. The summed E-state index contributed by atoms with van der Waals surface area (Å²) in [4.78, 5) is 3.93. The Labute approximate surface area is 84.1 Å². The van der Waals surface area contributed by atoms with Gasteiger partial charge in [-0.3, -0.25) is 4.98 Å². The molecule has 1 rings (SSSR count). The third kappa shape index (κ3) is 2.98. The topological polar surface area (TPSA) is 38.9 Å². The highest BCUT2D eigenvalue weighted by Gasteiger charge is 2.10. The lowest BCUT2D eigenvalue weighted by Gasteiger charge is -2.15.